The van der Waals surface area contributed by atoms with Crippen LogP contribution in [0.15, 0.2) is 0 Å². The van der Waals surface area contributed by atoms with E-state index in [-0.39, 0.29) is 0 Å². The van der Waals surface area contributed by atoms with Crippen molar-refractivity contribution >= 4 is 0 Å². The SMILES string of the molecule is CCC(CC)NCC(C)N(CC)C1CCCCC1. The van der Waals surface area contributed by atoms with Crippen molar-refractivity contribution in [3.63, 3.8) is 0 Å². The fourth-order valence-electron chi connectivity index (χ4n) is 3.37. The van der Waals surface area contributed by atoms with E-state index in [4.69, 9.17) is 0 Å². The van der Waals surface area contributed by atoms with Gasteiger partial charge in [0.2, 0.25) is 0 Å². The zero-order chi connectivity index (χ0) is 13.4. The van der Waals surface area contributed by atoms with Gasteiger partial charge in [0.15, 0.2) is 0 Å². The van der Waals surface area contributed by atoms with E-state index in [1.165, 1.54) is 51.5 Å². The van der Waals surface area contributed by atoms with Gasteiger partial charge in [0.1, 0.15) is 0 Å². The average Bonchev–Trinajstić information content (AvgIpc) is 2.42. The highest BCUT2D eigenvalue weighted by Crippen LogP contribution is 2.23. The molecular formula is C16H34N2. The lowest BCUT2D eigenvalue weighted by molar-refractivity contribution is 0.116. The van der Waals surface area contributed by atoms with Crippen molar-refractivity contribution in [2.75, 3.05) is 13.1 Å². The molecule has 0 aromatic rings. The normalized spacial score (nSPS) is 19.7. The molecule has 1 fully saturated rings. The summed E-state index contributed by atoms with van der Waals surface area (Å²) >= 11 is 0. The molecule has 1 aliphatic carbocycles. The maximum Gasteiger partial charge on any atom is 0.0195 e. The molecule has 108 valence electrons. The Kier molecular flexibility index (Phi) is 7.92. The molecule has 0 bridgehead atoms. The Balaban J connectivity index is 2.38. The van der Waals surface area contributed by atoms with Gasteiger partial charge in [-0.2, -0.15) is 0 Å². The molecule has 1 rings (SSSR count). The lowest BCUT2D eigenvalue weighted by atomic mass is 9.93. The second-order valence-corrected chi connectivity index (χ2v) is 5.89. The van der Waals surface area contributed by atoms with Gasteiger partial charge in [0.05, 0.1) is 0 Å². The van der Waals surface area contributed by atoms with Gasteiger partial charge in [-0.15, -0.1) is 0 Å². The predicted molar refractivity (Wildman–Crippen MR) is 81.1 cm³/mol. The van der Waals surface area contributed by atoms with Crippen molar-refractivity contribution in [3.8, 4) is 0 Å². The van der Waals surface area contributed by atoms with E-state index in [2.05, 4.69) is 37.9 Å². The molecule has 0 heterocycles. The average molecular weight is 254 g/mol. The zero-order valence-corrected chi connectivity index (χ0v) is 13.0. The summed E-state index contributed by atoms with van der Waals surface area (Å²) in [6.45, 7) is 11.6. The van der Waals surface area contributed by atoms with Crippen molar-refractivity contribution < 1.29 is 0 Å². The lowest BCUT2D eigenvalue weighted by Crippen LogP contribution is -2.48. The van der Waals surface area contributed by atoms with Crippen LogP contribution in [0, 0.1) is 0 Å². The molecule has 1 saturated carbocycles. The summed E-state index contributed by atoms with van der Waals surface area (Å²) in [5.74, 6) is 0. The van der Waals surface area contributed by atoms with Crippen LogP contribution >= 0.6 is 0 Å². The summed E-state index contributed by atoms with van der Waals surface area (Å²) in [6, 6.07) is 2.23. The van der Waals surface area contributed by atoms with Crippen molar-refractivity contribution in [3.05, 3.63) is 0 Å². The van der Waals surface area contributed by atoms with E-state index in [0.717, 1.165) is 12.6 Å². The van der Waals surface area contributed by atoms with Crippen LogP contribution in [-0.4, -0.2) is 36.1 Å². The van der Waals surface area contributed by atoms with Crippen molar-refractivity contribution in [1.82, 2.24) is 10.2 Å². The topological polar surface area (TPSA) is 15.3 Å². The minimum atomic E-state index is 0.679. The van der Waals surface area contributed by atoms with Crippen LogP contribution in [-0.2, 0) is 0 Å². The molecule has 2 heteroatoms. The Morgan fingerprint density at radius 1 is 1.06 bits per heavy atom. The molecule has 0 radical (unpaired) electrons. The highest BCUT2D eigenvalue weighted by Gasteiger charge is 2.23. The van der Waals surface area contributed by atoms with Gasteiger partial charge in [-0.05, 0) is 39.2 Å². The molecular weight excluding hydrogens is 220 g/mol. The first-order valence-corrected chi connectivity index (χ1v) is 8.21. The Morgan fingerprint density at radius 2 is 1.67 bits per heavy atom. The van der Waals surface area contributed by atoms with Crippen molar-refractivity contribution in [2.24, 2.45) is 0 Å². The van der Waals surface area contributed by atoms with Crippen LogP contribution in [0.3, 0.4) is 0 Å². The lowest BCUT2D eigenvalue weighted by Gasteiger charge is -2.38. The maximum atomic E-state index is 3.73. The Bertz CT molecular complexity index is 195. The third-order valence-electron chi connectivity index (χ3n) is 4.66. The van der Waals surface area contributed by atoms with Crippen molar-refractivity contribution in [2.45, 2.75) is 90.8 Å². The number of nitrogens with one attached hydrogen (secondary N) is 1. The summed E-state index contributed by atoms with van der Waals surface area (Å²) in [5, 5.41) is 3.73. The second-order valence-electron chi connectivity index (χ2n) is 5.89. The van der Waals surface area contributed by atoms with Crippen LogP contribution in [0.5, 0.6) is 0 Å². The largest absolute Gasteiger partial charge is 0.312 e. The van der Waals surface area contributed by atoms with E-state index >= 15 is 0 Å². The van der Waals surface area contributed by atoms with E-state index in [9.17, 15) is 0 Å². The molecule has 2 nitrogen and oxygen atoms in total. The smallest absolute Gasteiger partial charge is 0.0195 e. The fraction of sp³-hybridized carbons (Fsp3) is 1.00. The summed E-state index contributed by atoms with van der Waals surface area (Å²) in [6.07, 6.45) is 9.67. The van der Waals surface area contributed by atoms with Crippen LogP contribution in [0.1, 0.15) is 72.6 Å². The highest BCUT2D eigenvalue weighted by atomic mass is 15.2. The van der Waals surface area contributed by atoms with Crippen molar-refractivity contribution in [1.29, 1.82) is 0 Å². The van der Waals surface area contributed by atoms with Gasteiger partial charge in [0.25, 0.3) is 0 Å². The Hall–Kier alpha value is -0.0800. The molecule has 0 aromatic carbocycles. The van der Waals surface area contributed by atoms with Gasteiger partial charge >= 0.3 is 0 Å². The zero-order valence-electron chi connectivity index (χ0n) is 13.0. The highest BCUT2D eigenvalue weighted by molar-refractivity contribution is 4.80. The van der Waals surface area contributed by atoms with Gasteiger partial charge in [0, 0.05) is 24.7 Å². The van der Waals surface area contributed by atoms with E-state index < -0.39 is 0 Å². The molecule has 1 N–H and O–H groups in total. The van der Waals surface area contributed by atoms with E-state index in [1.807, 2.05) is 0 Å². The first kappa shape index (κ1) is 16.0. The molecule has 1 atom stereocenters. The summed E-state index contributed by atoms with van der Waals surface area (Å²) in [7, 11) is 0. The number of likely N-dealkylation sites (N-methyl/N-ethyl adjacent to an activating group) is 1. The number of nitrogens with zero attached hydrogens (tertiary/aromatic N) is 1. The third-order valence-corrected chi connectivity index (χ3v) is 4.66. The second kappa shape index (κ2) is 8.92. The van der Waals surface area contributed by atoms with Crippen LogP contribution in [0.25, 0.3) is 0 Å². The molecule has 0 aromatic heterocycles. The maximum absolute atomic E-state index is 3.73. The van der Waals surface area contributed by atoms with E-state index in [0.29, 0.717) is 12.1 Å². The summed E-state index contributed by atoms with van der Waals surface area (Å²) < 4.78 is 0. The monoisotopic (exact) mass is 254 g/mol. The third kappa shape index (κ3) is 4.89. The Labute approximate surface area is 115 Å². The molecule has 1 aliphatic rings. The molecule has 0 saturated heterocycles. The standard InChI is InChI=1S/C16H34N2/c1-5-15(6-2)17-13-14(4)18(7-3)16-11-9-8-10-12-16/h14-17H,5-13H2,1-4H3. The minimum Gasteiger partial charge on any atom is -0.312 e. The summed E-state index contributed by atoms with van der Waals surface area (Å²) in [5.41, 5.74) is 0. The quantitative estimate of drug-likeness (QED) is 0.708. The van der Waals surface area contributed by atoms with E-state index in [1.54, 1.807) is 0 Å². The van der Waals surface area contributed by atoms with Crippen LogP contribution in [0.4, 0.5) is 0 Å². The molecule has 0 spiro atoms. The molecule has 1 unspecified atom stereocenters. The van der Waals surface area contributed by atoms with Crippen LogP contribution in [0.2, 0.25) is 0 Å². The van der Waals surface area contributed by atoms with Gasteiger partial charge in [-0.25, -0.2) is 0 Å². The van der Waals surface area contributed by atoms with Gasteiger partial charge in [-0.1, -0.05) is 40.0 Å². The number of hydrogen-bond donors (Lipinski definition) is 1. The summed E-state index contributed by atoms with van der Waals surface area (Å²) in [4.78, 5) is 2.73. The van der Waals surface area contributed by atoms with Crippen LogP contribution < -0.4 is 5.32 Å². The fourth-order valence-corrected chi connectivity index (χ4v) is 3.37. The Morgan fingerprint density at radius 3 is 2.17 bits per heavy atom. The number of rotatable bonds is 8. The van der Waals surface area contributed by atoms with Gasteiger partial charge in [-0.3, -0.25) is 4.90 Å². The minimum absolute atomic E-state index is 0.679. The number of hydrogen-bond acceptors (Lipinski definition) is 2. The molecule has 0 aliphatic heterocycles. The molecule has 0 amide bonds. The first-order valence-electron chi connectivity index (χ1n) is 8.21. The molecule has 18 heavy (non-hydrogen) atoms. The predicted octanol–water partition coefficient (Wildman–Crippen LogP) is 3.81. The van der Waals surface area contributed by atoms with Gasteiger partial charge < -0.3 is 5.32 Å². The first-order chi connectivity index (χ1) is 8.72.